The number of aromatic nitrogens is 3. The van der Waals surface area contributed by atoms with Crippen LogP contribution in [0.1, 0.15) is 0 Å². The van der Waals surface area contributed by atoms with Gasteiger partial charge >= 0.3 is 0 Å². The molecule has 1 fully saturated rings. The smallest absolute Gasteiger partial charge is 0.229 e. The Balaban J connectivity index is 1.46. The van der Waals surface area contributed by atoms with Crippen molar-refractivity contribution in [3.63, 3.8) is 0 Å². The van der Waals surface area contributed by atoms with Crippen molar-refractivity contribution in [1.82, 2.24) is 15.0 Å². The number of hydrogen-bond acceptors (Lipinski definition) is 8. The Morgan fingerprint density at radius 3 is 2.31 bits per heavy atom. The molecule has 1 aromatic carbocycles. The highest BCUT2D eigenvalue weighted by Gasteiger charge is 2.19. The van der Waals surface area contributed by atoms with Crippen LogP contribution in [-0.2, 0) is 0 Å². The predicted molar refractivity (Wildman–Crippen MR) is 114 cm³/mol. The molecule has 1 aliphatic rings. The van der Waals surface area contributed by atoms with Crippen molar-refractivity contribution in [2.24, 2.45) is 0 Å². The lowest BCUT2D eigenvalue weighted by molar-refractivity contribution is 0.405. The van der Waals surface area contributed by atoms with Crippen LogP contribution in [0.4, 0.5) is 23.3 Å². The Hall–Kier alpha value is -3.55. The lowest BCUT2D eigenvalue weighted by Crippen LogP contribution is -2.47. The summed E-state index contributed by atoms with van der Waals surface area (Å²) < 4.78 is 10.7. The van der Waals surface area contributed by atoms with E-state index in [9.17, 15) is 0 Å². The van der Waals surface area contributed by atoms with Gasteiger partial charge < -0.3 is 24.6 Å². The summed E-state index contributed by atoms with van der Waals surface area (Å²) in [5.74, 6) is 3.85. The average Bonchev–Trinajstić information content (AvgIpc) is 2.80. The quantitative estimate of drug-likeness (QED) is 0.686. The van der Waals surface area contributed by atoms with Crippen LogP contribution in [-0.4, -0.2) is 55.4 Å². The fourth-order valence-corrected chi connectivity index (χ4v) is 3.32. The van der Waals surface area contributed by atoms with Crippen molar-refractivity contribution < 1.29 is 9.47 Å². The van der Waals surface area contributed by atoms with Gasteiger partial charge in [-0.1, -0.05) is 6.07 Å². The van der Waals surface area contributed by atoms with Gasteiger partial charge in [-0.2, -0.15) is 4.98 Å². The topological polar surface area (TPSA) is 75.6 Å². The highest BCUT2D eigenvalue weighted by molar-refractivity contribution is 5.65. The van der Waals surface area contributed by atoms with E-state index in [2.05, 4.69) is 25.1 Å². The molecule has 0 radical (unpaired) electrons. The van der Waals surface area contributed by atoms with Gasteiger partial charge in [0.2, 0.25) is 5.95 Å². The molecule has 0 unspecified atom stereocenters. The minimum absolute atomic E-state index is 0.515. The molecule has 4 rings (SSSR count). The number of nitrogens with one attached hydrogen (secondary N) is 1. The summed E-state index contributed by atoms with van der Waals surface area (Å²) in [5.41, 5.74) is 0.754. The number of rotatable bonds is 6. The molecule has 1 saturated heterocycles. The van der Waals surface area contributed by atoms with Gasteiger partial charge in [-0.05, 0) is 30.3 Å². The van der Waals surface area contributed by atoms with E-state index in [0.29, 0.717) is 11.7 Å². The van der Waals surface area contributed by atoms with Crippen LogP contribution in [0.3, 0.4) is 0 Å². The summed E-state index contributed by atoms with van der Waals surface area (Å²) in [6, 6.07) is 13.5. The number of benzene rings is 1. The molecule has 0 amide bonds. The molecular weight excluding hydrogens is 368 g/mol. The highest BCUT2D eigenvalue weighted by atomic mass is 16.5. The second kappa shape index (κ2) is 8.64. The van der Waals surface area contributed by atoms with Crippen molar-refractivity contribution in [1.29, 1.82) is 0 Å². The molecule has 3 aromatic rings. The third-order valence-electron chi connectivity index (χ3n) is 4.87. The monoisotopic (exact) mass is 392 g/mol. The number of hydrogen-bond donors (Lipinski definition) is 1. The Bertz CT molecular complexity index is 945. The van der Waals surface area contributed by atoms with E-state index in [1.165, 1.54) is 0 Å². The van der Waals surface area contributed by atoms with Crippen molar-refractivity contribution >= 4 is 23.3 Å². The fourth-order valence-electron chi connectivity index (χ4n) is 3.32. The van der Waals surface area contributed by atoms with Crippen LogP contribution in [0, 0.1) is 0 Å². The van der Waals surface area contributed by atoms with Gasteiger partial charge in [-0.25, -0.2) is 9.97 Å². The average molecular weight is 392 g/mol. The highest BCUT2D eigenvalue weighted by Crippen LogP contribution is 2.31. The van der Waals surface area contributed by atoms with Crippen LogP contribution in [0.5, 0.6) is 11.5 Å². The molecule has 150 valence electrons. The zero-order chi connectivity index (χ0) is 20.1. The summed E-state index contributed by atoms with van der Waals surface area (Å²) in [7, 11) is 3.26. The zero-order valence-corrected chi connectivity index (χ0v) is 16.6. The molecule has 3 heterocycles. The van der Waals surface area contributed by atoms with Crippen LogP contribution < -0.4 is 24.6 Å². The Kier molecular flexibility index (Phi) is 5.60. The van der Waals surface area contributed by atoms with E-state index in [4.69, 9.17) is 14.5 Å². The number of anilines is 4. The van der Waals surface area contributed by atoms with Gasteiger partial charge in [0, 0.05) is 44.6 Å². The Morgan fingerprint density at radius 2 is 1.62 bits per heavy atom. The first kappa shape index (κ1) is 18.8. The first-order valence-corrected chi connectivity index (χ1v) is 9.50. The van der Waals surface area contributed by atoms with Gasteiger partial charge in [0.05, 0.1) is 19.9 Å². The number of pyridine rings is 1. The zero-order valence-electron chi connectivity index (χ0n) is 16.6. The van der Waals surface area contributed by atoms with E-state index < -0.39 is 0 Å². The van der Waals surface area contributed by atoms with Gasteiger partial charge in [0.1, 0.15) is 23.1 Å². The summed E-state index contributed by atoms with van der Waals surface area (Å²) in [6.45, 7) is 3.53. The van der Waals surface area contributed by atoms with E-state index >= 15 is 0 Å². The number of methoxy groups -OCH3 is 2. The third kappa shape index (κ3) is 4.31. The fraction of sp³-hybridized carbons (Fsp3) is 0.286. The second-order valence-electron chi connectivity index (χ2n) is 6.59. The molecule has 0 spiro atoms. The lowest BCUT2D eigenvalue weighted by Gasteiger charge is -2.36. The van der Waals surface area contributed by atoms with Crippen LogP contribution in [0.25, 0.3) is 0 Å². The normalized spacial score (nSPS) is 13.9. The van der Waals surface area contributed by atoms with E-state index in [0.717, 1.165) is 49.3 Å². The maximum Gasteiger partial charge on any atom is 0.229 e. The summed E-state index contributed by atoms with van der Waals surface area (Å²) >= 11 is 0. The molecule has 0 saturated carbocycles. The summed E-state index contributed by atoms with van der Waals surface area (Å²) in [6.07, 6.45) is 3.60. The first-order chi connectivity index (χ1) is 14.3. The lowest BCUT2D eigenvalue weighted by atomic mass is 10.2. The van der Waals surface area contributed by atoms with Crippen LogP contribution >= 0.6 is 0 Å². The van der Waals surface area contributed by atoms with Crippen molar-refractivity contribution in [2.45, 2.75) is 0 Å². The molecule has 29 heavy (non-hydrogen) atoms. The first-order valence-electron chi connectivity index (χ1n) is 9.50. The van der Waals surface area contributed by atoms with Crippen molar-refractivity contribution in [3.05, 3.63) is 54.9 Å². The van der Waals surface area contributed by atoms with Crippen LogP contribution in [0.2, 0.25) is 0 Å². The summed E-state index contributed by atoms with van der Waals surface area (Å²) in [5, 5.41) is 3.24. The molecule has 0 aliphatic carbocycles. The molecule has 0 atom stereocenters. The maximum atomic E-state index is 5.42. The van der Waals surface area contributed by atoms with E-state index in [-0.39, 0.29) is 0 Å². The molecule has 1 aliphatic heterocycles. The van der Waals surface area contributed by atoms with E-state index in [1.54, 1.807) is 20.4 Å². The number of nitrogens with zero attached hydrogens (tertiary/aromatic N) is 5. The number of ether oxygens (including phenoxy) is 2. The van der Waals surface area contributed by atoms with E-state index in [1.807, 2.05) is 48.7 Å². The van der Waals surface area contributed by atoms with Crippen LogP contribution in [0.15, 0.2) is 54.9 Å². The maximum absolute atomic E-state index is 5.42. The van der Waals surface area contributed by atoms with Crippen molar-refractivity contribution in [3.8, 4) is 11.5 Å². The Morgan fingerprint density at radius 1 is 0.828 bits per heavy atom. The molecule has 2 aromatic heterocycles. The SMILES string of the molecule is COc1ccc(OC)c(Nc2nccc(N3CCN(c4ccccn4)CC3)n2)c1. The summed E-state index contributed by atoms with van der Waals surface area (Å²) in [4.78, 5) is 18.0. The second-order valence-corrected chi connectivity index (χ2v) is 6.59. The largest absolute Gasteiger partial charge is 0.497 e. The van der Waals surface area contributed by atoms with Gasteiger partial charge in [0.15, 0.2) is 0 Å². The Labute approximate surface area is 170 Å². The standard InChI is InChI=1S/C21H24N6O2/c1-28-16-6-7-18(29-2)17(15-16)24-21-23-10-8-20(25-21)27-13-11-26(12-14-27)19-5-3-4-9-22-19/h3-10,15H,11-14H2,1-2H3,(H,23,24,25). The molecule has 8 heteroatoms. The predicted octanol–water partition coefficient (Wildman–Crippen LogP) is 2.96. The van der Waals surface area contributed by atoms with Crippen molar-refractivity contribution in [2.75, 3.05) is 55.5 Å². The molecular formula is C21H24N6O2. The van der Waals surface area contributed by atoms with Gasteiger partial charge in [0.25, 0.3) is 0 Å². The van der Waals surface area contributed by atoms with Gasteiger partial charge in [-0.3, -0.25) is 0 Å². The molecule has 1 N–H and O–H groups in total. The molecule has 8 nitrogen and oxygen atoms in total. The molecule has 0 bridgehead atoms. The minimum Gasteiger partial charge on any atom is -0.497 e. The number of piperazine rings is 1. The minimum atomic E-state index is 0.515. The third-order valence-corrected chi connectivity index (χ3v) is 4.87. The van der Waals surface area contributed by atoms with Gasteiger partial charge in [-0.15, -0.1) is 0 Å².